The summed E-state index contributed by atoms with van der Waals surface area (Å²) in [5.41, 5.74) is 9.17. The molecule has 0 saturated carbocycles. The first-order chi connectivity index (χ1) is 21.8. The highest BCUT2D eigenvalue weighted by molar-refractivity contribution is 6.62. The molecule has 1 fully saturated rings. The van der Waals surface area contributed by atoms with Crippen molar-refractivity contribution >= 4 is 12.6 Å². The molecule has 0 radical (unpaired) electrons. The van der Waals surface area contributed by atoms with Gasteiger partial charge in [0.05, 0.1) is 22.6 Å². The van der Waals surface area contributed by atoms with Gasteiger partial charge in [0, 0.05) is 16.7 Å². The fourth-order valence-electron chi connectivity index (χ4n) is 5.75. The third kappa shape index (κ3) is 5.73. The van der Waals surface area contributed by atoms with Gasteiger partial charge in [0.1, 0.15) is 0 Å². The van der Waals surface area contributed by atoms with Crippen LogP contribution in [0.2, 0.25) is 0 Å². The number of rotatable bonds is 6. The van der Waals surface area contributed by atoms with Crippen LogP contribution in [0.1, 0.15) is 27.7 Å². The predicted molar refractivity (Wildman–Crippen MR) is 185 cm³/mol. The molecular weight excluding hydrogens is 551 g/mol. The number of hydrogen-bond acceptors (Lipinski definition) is 4. The molecule has 0 spiro atoms. The lowest BCUT2D eigenvalue weighted by atomic mass is 9.76. The molecule has 2 heterocycles. The third-order valence-corrected chi connectivity index (χ3v) is 8.93. The number of nitrogens with zero attached hydrogens (tertiary/aromatic N) is 2. The molecular formula is C40H35BN2O2. The van der Waals surface area contributed by atoms with Crippen LogP contribution in [0.15, 0.2) is 140 Å². The van der Waals surface area contributed by atoms with Gasteiger partial charge in [-0.2, -0.15) is 0 Å². The van der Waals surface area contributed by atoms with E-state index in [0.29, 0.717) is 5.82 Å². The number of hydrogen-bond donors (Lipinski definition) is 0. The highest BCUT2D eigenvalue weighted by Gasteiger charge is 2.51. The zero-order chi connectivity index (χ0) is 31.0. The van der Waals surface area contributed by atoms with Gasteiger partial charge in [0.2, 0.25) is 0 Å². The van der Waals surface area contributed by atoms with Crippen LogP contribution in [0.4, 0.5) is 0 Å². The van der Waals surface area contributed by atoms with Crippen LogP contribution in [-0.2, 0) is 9.31 Å². The van der Waals surface area contributed by atoms with Gasteiger partial charge in [-0.1, -0.05) is 127 Å². The Kier molecular flexibility index (Phi) is 7.44. The van der Waals surface area contributed by atoms with E-state index in [-0.39, 0.29) is 0 Å². The first kappa shape index (κ1) is 28.9. The maximum absolute atomic E-state index is 6.57. The average molecular weight is 587 g/mol. The molecule has 0 bridgehead atoms. The minimum Gasteiger partial charge on any atom is -0.399 e. The van der Waals surface area contributed by atoms with Gasteiger partial charge >= 0.3 is 7.12 Å². The average Bonchev–Trinajstić information content (AvgIpc) is 3.31. The Hall–Kier alpha value is -4.84. The lowest BCUT2D eigenvalue weighted by Crippen LogP contribution is -2.41. The van der Waals surface area contributed by atoms with Crippen LogP contribution < -0.4 is 5.46 Å². The summed E-state index contributed by atoms with van der Waals surface area (Å²) in [6.45, 7) is 8.34. The number of aromatic nitrogens is 2. The maximum Gasteiger partial charge on any atom is 0.494 e. The Bertz CT molecular complexity index is 1880. The Morgan fingerprint density at radius 1 is 0.444 bits per heavy atom. The zero-order valence-electron chi connectivity index (χ0n) is 26.1. The first-order valence-electron chi connectivity index (χ1n) is 15.4. The van der Waals surface area contributed by atoms with Crippen LogP contribution in [0, 0.1) is 0 Å². The fraction of sp³-hybridized carbons (Fsp3) is 0.150. The van der Waals surface area contributed by atoms with E-state index in [0.717, 1.165) is 55.8 Å². The fourth-order valence-corrected chi connectivity index (χ4v) is 5.75. The van der Waals surface area contributed by atoms with Gasteiger partial charge in [-0.05, 0) is 67.5 Å². The van der Waals surface area contributed by atoms with E-state index in [2.05, 4.69) is 125 Å². The Morgan fingerprint density at radius 3 is 1.38 bits per heavy atom. The predicted octanol–water partition coefficient (Wildman–Crippen LogP) is 9.11. The molecule has 1 aliphatic heterocycles. The minimum absolute atomic E-state index is 0.472. The summed E-state index contributed by atoms with van der Waals surface area (Å²) in [6, 6.07) is 48.1. The second kappa shape index (κ2) is 11.6. The highest BCUT2D eigenvalue weighted by atomic mass is 16.7. The molecule has 0 N–H and O–H groups in total. The van der Waals surface area contributed by atoms with Gasteiger partial charge in [-0.3, -0.25) is 0 Å². The van der Waals surface area contributed by atoms with Crippen molar-refractivity contribution in [3.8, 4) is 56.2 Å². The van der Waals surface area contributed by atoms with Crippen molar-refractivity contribution < 1.29 is 9.31 Å². The smallest absolute Gasteiger partial charge is 0.399 e. The Balaban J connectivity index is 1.45. The van der Waals surface area contributed by atoms with Crippen molar-refractivity contribution in [3.63, 3.8) is 0 Å². The number of benzene rings is 5. The molecule has 5 heteroatoms. The molecule has 0 amide bonds. The molecule has 0 atom stereocenters. The summed E-state index contributed by atoms with van der Waals surface area (Å²) in [7, 11) is -0.538. The van der Waals surface area contributed by atoms with E-state index in [1.165, 1.54) is 0 Å². The van der Waals surface area contributed by atoms with Crippen LogP contribution in [-0.4, -0.2) is 28.3 Å². The quantitative estimate of drug-likeness (QED) is 0.183. The summed E-state index contributed by atoms with van der Waals surface area (Å²) in [4.78, 5) is 10.3. The van der Waals surface area contributed by atoms with Crippen molar-refractivity contribution in [2.24, 2.45) is 0 Å². The molecule has 1 aliphatic rings. The Morgan fingerprint density at radius 2 is 0.867 bits per heavy atom. The molecule has 0 unspecified atom stereocenters. The summed E-state index contributed by atoms with van der Waals surface area (Å²) in [5.74, 6) is 0.645. The van der Waals surface area contributed by atoms with E-state index < -0.39 is 18.3 Å². The van der Waals surface area contributed by atoms with Gasteiger partial charge in [-0.15, -0.1) is 0 Å². The standard InChI is InChI=1S/C40H35BN2O2/c1-39(2)40(3,4)45-41(44-39)33-25-31(35-23-15-14-22-34(35)28-16-8-5-9-17-28)24-32(26-33)38-42-36(29-18-10-6-11-19-29)27-37(43-38)30-20-12-7-13-21-30/h5-27H,1-4H3. The van der Waals surface area contributed by atoms with Crippen molar-refractivity contribution in [2.45, 2.75) is 38.9 Å². The van der Waals surface area contributed by atoms with Gasteiger partial charge in [-0.25, -0.2) is 9.97 Å². The molecule has 7 rings (SSSR count). The molecule has 6 aromatic rings. The van der Waals surface area contributed by atoms with Crippen molar-refractivity contribution in [3.05, 3.63) is 140 Å². The van der Waals surface area contributed by atoms with E-state index in [4.69, 9.17) is 19.3 Å². The largest absolute Gasteiger partial charge is 0.494 e. The molecule has 5 aromatic carbocycles. The topological polar surface area (TPSA) is 44.2 Å². The first-order valence-corrected chi connectivity index (χ1v) is 15.4. The van der Waals surface area contributed by atoms with Crippen LogP contribution >= 0.6 is 0 Å². The highest BCUT2D eigenvalue weighted by Crippen LogP contribution is 2.38. The Labute approximate surface area is 265 Å². The minimum atomic E-state index is -0.538. The van der Waals surface area contributed by atoms with Crippen molar-refractivity contribution in [1.82, 2.24) is 9.97 Å². The van der Waals surface area contributed by atoms with Gasteiger partial charge < -0.3 is 9.31 Å². The van der Waals surface area contributed by atoms with Crippen molar-refractivity contribution in [2.75, 3.05) is 0 Å². The van der Waals surface area contributed by atoms with E-state index in [1.54, 1.807) is 0 Å². The lowest BCUT2D eigenvalue weighted by molar-refractivity contribution is 0.00578. The summed E-state index contributed by atoms with van der Waals surface area (Å²) in [5, 5.41) is 0. The SMILES string of the molecule is CC1(C)OB(c2cc(-c3nc(-c4ccccc4)cc(-c4ccccc4)n3)cc(-c3ccccc3-c3ccccc3)c2)OC1(C)C. The molecule has 45 heavy (non-hydrogen) atoms. The summed E-state index contributed by atoms with van der Waals surface area (Å²) in [6.07, 6.45) is 0. The second-order valence-electron chi connectivity index (χ2n) is 12.5. The molecule has 1 saturated heterocycles. The maximum atomic E-state index is 6.57. The lowest BCUT2D eigenvalue weighted by Gasteiger charge is -2.32. The van der Waals surface area contributed by atoms with E-state index in [9.17, 15) is 0 Å². The molecule has 0 aliphatic carbocycles. The third-order valence-electron chi connectivity index (χ3n) is 8.93. The zero-order valence-corrected chi connectivity index (χ0v) is 26.1. The molecule has 220 valence electrons. The monoisotopic (exact) mass is 586 g/mol. The summed E-state index contributed by atoms with van der Waals surface area (Å²) >= 11 is 0. The van der Waals surface area contributed by atoms with E-state index in [1.807, 2.05) is 42.5 Å². The molecule has 4 nitrogen and oxygen atoms in total. The molecule has 1 aromatic heterocycles. The normalized spacial score (nSPS) is 15.2. The van der Waals surface area contributed by atoms with Crippen LogP contribution in [0.5, 0.6) is 0 Å². The van der Waals surface area contributed by atoms with Gasteiger partial charge in [0.25, 0.3) is 0 Å². The van der Waals surface area contributed by atoms with Crippen molar-refractivity contribution in [1.29, 1.82) is 0 Å². The van der Waals surface area contributed by atoms with Gasteiger partial charge in [0.15, 0.2) is 5.82 Å². The van der Waals surface area contributed by atoms with E-state index >= 15 is 0 Å². The second-order valence-corrected chi connectivity index (χ2v) is 12.5. The summed E-state index contributed by atoms with van der Waals surface area (Å²) < 4.78 is 13.1. The van der Waals surface area contributed by atoms with Crippen LogP contribution in [0.3, 0.4) is 0 Å². The van der Waals surface area contributed by atoms with Crippen LogP contribution in [0.25, 0.3) is 56.2 Å².